The third-order valence-electron chi connectivity index (χ3n) is 3.54. The second-order valence-electron chi connectivity index (χ2n) is 5.41. The number of amides is 1. The monoisotopic (exact) mass is 282 g/mol. The molecule has 3 heteroatoms. The first-order chi connectivity index (χ1) is 10.1. The molecule has 2 rings (SSSR count). The van der Waals surface area contributed by atoms with Gasteiger partial charge in [-0.25, -0.2) is 0 Å². The molecule has 0 aromatic heterocycles. The van der Waals surface area contributed by atoms with Gasteiger partial charge >= 0.3 is 0 Å². The van der Waals surface area contributed by atoms with Gasteiger partial charge in [0.2, 0.25) is 0 Å². The maximum Gasteiger partial charge on any atom is 0.251 e. The van der Waals surface area contributed by atoms with Gasteiger partial charge in [-0.1, -0.05) is 38.1 Å². The molecule has 0 aliphatic carbocycles. The summed E-state index contributed by atoms with van der Waals surface area (Å²) in [5, 5.41) is 5.98. The Morgan fingerprint density at radius 1 is 1.00 bits per heavy atom. The Morgan fingerprint density at radius 2 is 1.62 bits per heavy atom. The topological polar surface area (TPSA) is 41.1 Å². The van der Waals surface area contributed by atoms with E-state index in [-0.39, 0.29) is 5.91 Å². The fourth-order valence-corrected chi connectivity index (χ4v) is 2.09. The van der Waals surface area contributed by atoms with Crippen molar-refractivity contribution in [1.82, 2.24) is 5.32 Å². The molecular weight excluding hydrogens is 260 g/mol. The molecule has 0 saturated carbocycles. The van der Waals surface area contributed by atoms with Crippen LogP contribution < -0.4 is 10.6 Å². The summed E-state index contributed by atoms with van der Waals surface area (Å²) in [6.45, 7) is 4.89. The second kappa shape index (κ2) is 6.93. The lowest BCUT2D eigenvalue weighted by Crippen LogP contribution is -2.22. The minimum atomic E-state index is -0.0504. The Kier molecular flexibility index (Phi) is 4.99. The maximum atomic E-state index is 12.1. The van der Waals surface area contributed by atoms with Crippen LogP contribution in [0.2, 0.25) is 0 Å². The van der Waals surface area contributed by atoms with E-state index >= 15 is 0 Å². The highest BCUT2D eigenvalue weighted by Crippen LogP contribution is 2.14. The first kappa shape index (κ1) is 15.1. The summed E-state index contributed by atoms with van der Waals surface area (Å²) >= 11 is 0. The summed E-state index contributed by atoms with van der Waals surface area (Å²) in [4.78, 5) is 12.1. The standard InChI is InChI=1S/C18H22N2O/c1-13(2)15-6-4-14(5-7-15)12-20-18(21)16-8-10-17(19-3)11-9-16/h4-11,13,19H,12H2,1-3H3,(H,20,21). The lowest BCUT2D eigenvalue weighted by molar-refractivity contribution is 0.0951. The quantitative estimate of drug-likeness (QED) is 0.876. The van der Waals surface area contributed by atoms with E-state index in [4.69, 9.17) is 0 Å². The van der Waals surface area contributed by atoms with Crippen LogP contribution in [0.15, 0.2) is 48.5 Å². The molecule has 2 aromatic rings. The van der Waals surface area contributed by atoms with Gasteiger partial charge in [0.1, 0.15) is 0 Å². The summed E-state index contributed by atoms with van der Waals surface area (Å²) in [7, 11) is 1.86. The van der Waals surface area contributed by atoms with Crippen molar-refractivity contribution in [3.05, 3.63) is 65.2 Å². The van der Waals surface area contributed by atoms with Gasteiger partial charge in [-0.2, -0.15) is 0 Å². The number of rotatable bonds is 5. The number of anilines is 1. The molecule has 3 nitrogen and oxygen atoms in total. The van der Waals surface area contributed by atoms with Gasteiger partial charge in [0.25, 0.3) is 5.91 Å². The Balaban J connectivity index is 1.93. The van der Waals surface area contributed by atoms with E-state index in [2.05, 4.69) is 48.7 Å². The van der Waals surface area contributed by atoms with Gasteiger partial charge in [0.05, 0.1) is 0 Å². The third-order valence-corrected chi connectivity index (χ3v) is 3.54. The lowest BCUT2D eigenvalue weighted by Gasteiger charge is -2.09. The minimum Gasteiger partial charge on any atom is -0.388 e. The van der Waals surface area contributed by atoms with Crippen LogP contribution in [-0.4, -0.2) is 13.0 Å². The van der Waals surface area contributed by atoms with Gasteiger partial charge < -0.3 is 10.6 Å². The molecule has 2 N–H and O–H groups in total. The Morgan fingerprint density at radius 3 is 2.14 bits per heavy atom. The van der Waals surface area contributed by atoms with E-state index in [1.165, 1.54) is 5.56 Å². The van der Waals surface area contributed by atoms with E-state index in [1.807, 2.05) is 31.3 Å². The molecule has 2 aromatic carbocycles. The van der Waals surface area contributed by atoms with Crippen LogP contribution in [0.25, 0.3) is 0 Å². The molecule has 0 fully saturated rings. The average molecular weight is 282 g/mol. The normalized spacial score (nSPS) is 10.5. The molecule has 0 aliphatic rings. The molecule has 0 unspecified atom stereocenters. The molecule has 0 heterocycles. The summed E-state index contributed by atoms with van der Waals surface area (Å²) in [5.41, 5.74) is 4.09. The van der Waals surface area contributed by atoms with E-state index in [1.54, 1.807) is 0 Å². The molecule has 21 heavy (non-hydrogen) atoms. The van der Waals surface area contributed by atoms with Crippen LogP contribution in [0.4, 0.5) is 5.69 Å². The zero-order valence-corrected chi connectivity index (χ0v) is 12.8. The van der Waals surface area contributed by atoms with Crippen molar-refractivity contribution in [3.63, 3.8) is 0 Å². The van der Waals surface area contributed by atoms with E-state index in [9.17, 15) is 4.79 Å². The zero-order chi connectivity index (χ0) is 15.2. The SMILES string of the molecule is CNc1ccc(C(=O)NCc2ccc(C(C)C)cc2)cc1. The maximum absolute atomic E-state index is 12.1. The summed E-state index contributed by atoms with van der Waals surface area (Å²) in [6, 6.07) is 15.8. The summed E-state index contributed by atoms with van der Waals surface area (Å²) < 4.78 is 0. The Labute approximate surface area is 126 Å². The minimum absolute atomic E-state index is 0.0504. The first-order valence-electron chi connectivity index (χ1n) is 7.25. The molecule has 1 amide bonds. The molecule has 0 spiro atoms. The smallest absolute Gasteiger partial charge is 0.251 e. The van der Waals surface area contributed by atoms with Crippen LogP contribution >= 0.6 is 0 Å². The van der Waals surface area contributed by atoms with Crippen LogP contribution in [0.5, 0.6) is 0 Å². The van der Waals surface area contributed by atoms with Crippen molar-refractivity contribution >= 4 is 11.6 Å². The van der Waals surface area contributed by atoms with Crippen molar-refractivity contribution in [1.29, 1.82) is 0 Å². The molecule has 0 atom stereocenters. The van der Waals surface area contributed by atoms with Crippen molar-refractivity contribution in [2.24, 2.45) is 0 Å². The van der Waals surface area contributed by atoms with Crippen molar-refractivity contribution in [2.45, 2.75) is 26.3 Å². The number of hydrogen-bond donors (Lipinski definition) is 2. The Hall–Kier alpha value is -2.29. The van der Waals surface area contributed by atoms with Gasteiger partial charge in [0, 0.05) is 24.8 Å². The Bertz CT molecular complexity index is 586. The predicted octanol–water partition coefficient (Wildman–Crippen LogP) is 3.78. The number of nitrogens with one attached hydrogen (secondary N) is 2. The van der Waals surface area contributed by atoms with E-state index in [0.29, 0.717) is 18.0 Å². The molecule has 0 radical (unpaired) electrons. The molecule has 0 aliphatic heterocycles. The average Bonchev–Trinajstić information content (AvgIpc) is 2.53. The van der Waals surface area contributed by atoms with Crippen molar-refractivity contribution < 1.29 is 4.79 Å². The molecule has 0 saturated heterocycles. The van der Waals surface area contributed by atoms with Crippen LogP contribution in [-0.2, 0) is 6.54 Å². The highest BCUT2D eigenvalue weighted by molar-refractivity contribution is 5.94. The lowest BCUT2D eigenvalue weighted by atomic mass is 10.0. The van der Waals surface area contributed by atoms with Crippen LogP contribution in [0, 0.1) is 0 Å². The van der Waals surface area contributed by atoms with Gasteiger partial charge in [-0.15, -0.1) is 0 Å². The second-order valence-corrected chi connectivity index (χ2v) is 5.41. The van der Waals surface area contributed by atoms with E-state index < -0.39 is 0 Å². The molecule has 0 bridgehead atoms. The molecule has 110 valence electrons. The first-order valence-corrected chi connectivity index (χ1v) is 7.25. The third kappa shape index (κ3) is 4.09. The number of carbonyl (C=O) groups excluding carboxylic acids is 1. The van der Waals surface area contributed by atoms with Gasteiger partial charge in [-0.3, -0.25) is 4.79 Å². The fourth-order valence-electron chi connectivity index (χ4n) is 2.09. The highest BCUT2D eigenvalue weighted by atomic mass is 16.1. The van der Waals surface area contributed by atoms with Crippen LogP contribution in [0.1, 0.15) is 41.3 Å². The highest BCUT2D eigenvalue weighted by Gasteiger charge is 2.05. The fraction of sp³-hybridized carbons (Fsp3) is 0.278. The summed E-state index contributed by atoms with van der Waals surface area (Å²) in [6.07, 6.45) is 0. The van der Waals surface area contributed by atoms with Crippen LogP contribution in [0.3, 0.4) is 0 Å². The number of carbonyl (C=O) groups is 1. The largest absolute Gasteiger partial charge is 0.388 e. The van der Waals surface area contributed by atoms with Gasteiger partial charge in [0.15, 0.2) is 0 Å². The van der Waals surface area contributed by atoms with Crippen molar-refractivity contribution in [2.75, 3.05) is 12.4 Å². The van der Waals surface area contributed by atoms with Gasteiger partial charge in [-0.05, 0) is 41.3 Å². The zero-order valence-electron chi connectivity index (χ0n) is 12.8. The predicted molar refractivity (Wildman–Crippen MR) is 87.7 cm³/mol. The van der Waals surface area contributed by atoms with E-state index in [0.717, 1.165) is 11.3 Å². The summed E-state index contributed by atoms with van der Waals surface area (Å²) in [5.74, 6) is 0.477. The number of hydrogen-bond acceptors (Lipinski definition) is 2. The molecular formula is C18H22N2O. The number of benzene rings is 2. The van der Waals surface area contributed by atoms with Crippen molar-refractivity contribution in [3.8, 4) is 0 Å².